The molecular weight excluding hydrogens is 416 g/mol. The van der Waals surface area contributed by atoms with Crippen LogP contribution in [0, 0.1) is 9.39 Å². The lowest BCUT2D eigenvalue weighted by Crippen LogP contribution is -2.00. The van der Waals surface area contributed by atoms with Gasteiger partial charge in [0.2, 0.25) is 11.8 Å². The van der Waals surface area contributed by atoms with Gasteiger partial charge in [-0.05, 0) is 56.7 Å². The van der Waals surface area contributed by atoms with Crippen LogP contribution in [0.2, 0.25) is 0 Å². The smallest absolute Gasteiger partial charge is 0.232 e. The van der Waals surface area contributed by atoms with Gasteiger partial charge in [-0.15, -0.1) is 0 Å². The van der Waals surface area contributed by atoms with Gasteiger partial charge in [0.05, 0.1) is 23.5 Å². The first-order valence-electron chi connectivity index (χ1n) is 4.89. The molecule has 1 heterocycles. The van der Waals surface area contributed by atoms with Gasteiger partial charge in [-0.25, -0.2) is 9.37 Å². The molecule has 0 spiro atoms. The number of aromatic nitrogens is 2. The van der Waals surface area contributed by atoms with Crippen LogP contribution in [0.15, 0.2) is 28.9 Å². The fourth-order valence-corrected chi connectivity index (χ4v) is 2.23. The molecule has 0 aliphatic carbocycles. The van der Waals surface area contributed by atoms with E-state index in [0.717, 1.165) is 9.26 Å². The lowest BCUT2D eigenvalue weighted by atomic mass is 10.3. The Hall–Kier alpha value is -0.960. The Morgan fingerprint density at radius 1 is 1.44 bits per heavy atom. The fourth-order valence-electron chi connectivity index (χ4n) is 1.27. The number of nitrogens with one attached hydrogen (secondary N) is 1. The van der Waals surface area contributed by atoms with E-state index in [0.29, 0.717) is 16.3 Å². The third-order valence-electron chi connectivity index (χ3n) is 2.08. The summed E-state index contributed by atoms with van der Waals surface area (Å²) in [5, 5.41) is 3.00. The predicted molar refractivity (Wildman–Crippen MR) is 78.7 cm³/mol. The van der Waals surface area contributed by atoms with Gasteiger partial charge in [0.25, 0.3) is 0 Å². The third kappa shape index (κ3) is 3.08. The molecule has 2 aromatic rings. The Morgan fingerprint density at radius 3 is 2.89 bits per heavy atom. The highest BCUT2D eigenvalue weighted by molar-refractivity contribution is 14.1. The van der Waals surface area contributed by atoms with Gasteiger partial charge in [-0.3, -0.25) is 0 Å². The lowest BCUT2D eigenvalue weighted by molar-refractivity contribution is 0.394. The molecule has 0 bridgehead atoms. The van der Waals surface area contributed by atoms with Crippen molar-refractivity contribution in [3.8, 4) is 5.88 Å². The van der Waals surface area contributed by atoms with Crippen molar-refractivity contribution < 1.29 is 9.13 Å². The van der Waals surface area contributed by atoms with E-state index in [9.17, 15) is 4.39 Å². The maximum absolute atomic E-state index is 13.0. The zero-order valence-corrected chi connectivity index (χ0v) is 13.0. The van der Waals surface area contributed by atoms with Crippen LogP contribution in [0.4, 0.5) is 16.0 Å². The van der Waals surface area contributed by atoms with E-state index in [-0.39, 0.29) is 5.82 Å². The molecule has 0 amide bonds. The molecule has 0 saturated heterocycles. The normalized spacial score (nSPS) is 10.2. The summed E-state index contributed by atoms with van der Waals surface area (Å²) in [5.41, 5.74) is 0.737. The monoisotopic (exact) mass is 423 g/mol. The van der Waals surface area contributed by atoms with Gasteiger partial charge in [-0.2, -0.15) is 4.98 Å². The van der Waals surface area contributed by atoms with Crippen LogP contribution in [0.3, 0.4) is 0 Å². The Kier molecular flexibility index (Phi) is 4.33. The Morgan fingerprint density at radius 2 is 2.22 bits per heavy atom. The summed E-state index contributed by atoms with van der Waals surface area (Å²) in [5.74, 6) is 0.545. The highest BCUT2D eigenvalue weighted by atomic mass is 127. The molecule has 0 aliphatic heterocycles. The van der Waals surface area contributed by atoms with Crippen molar-refractivity contribution in [2.24, 2.45) is 0 Å². The molecule has 4 nitrogen and oxygen atoms in total. The molecule has 1 N–H and O–H groups in total. The SMILES string of the molecule is COc1nc(Nc2ccc(F)cc2I)ncc1Br. The molecule has 1 aromatic carbocycles. The van der Waals surface area contributed by atoms with E-state index in [1.54, 1.807) is 12.3 Å². The molecule has 0 atom stereocenters. The van der Waals surface area contributed by atoms with Crippen LogP contribution >= 0.6 is 38.5 Å². The van der Waals surface area contributed by atoms with Crippen LogP contribution in [-0.2, 0) is 0 Å². The second kappa shape index (κ2) is 5.79. The van der Waals surface area contributed by atoms with E-state index >= 15 is 0 Å². The number of nitrogens with zero attached hydrogens (tertiary/aromatic N) is 2. The number of rotatable bonds is 3. The van der Waals surface area contributed by atoms with Crippen LogP contribution < -0.4 is 10.1 Å². The fraction of sp³-hybridized carbons (Fsp3) is 0.0909. The van der Waals surface area contributed by atoms with Crippen molar-refractivity contribution >= 4 is 50.2 Å². The van der Waals surface area contributed by atoms with Crippen molar-refractivity contribution in [3.63, 3.8) is 0 Å². The highest BCUT2D eigenvalue weighted by Gasteiger charge is 2.07. The molecule has 1 aromatic heterocycles. The predicted octanol–water partition coefficient (Wildman–Crippen LogP) is 3.74. The first-order valence-corrected chi connectivity index (χ1v) is 6.76. The number of methoxy groups -OCH3 is 1. The number of ether oxygens (including phenoxy) is 1. The topological polar surface area (TPSA) is 47.0 Å². The minimum absolute atomic E-state index is 0.278. The van der Waals surface area contributed by atoms with E-state index in [4.69, 9.17) is 4.74 Å². The van der Waals surface area contributed by atoms with E-state index in [2.05, 4.69) is 31.2 Å². The van der Waals surface area contributed by atoms with Crippen LogP contribution in [0.5, 0.6) is 5.88 Å². The average Bonchev–Trinajstić information content (AvgIpc) is 2.35. The van der Waals surface area contributed by atoms with Crippen molar-refractivity contribution in [1.29, 1.82) is 0 Å². The van der Waals surface area contributed by atoms with Gasteiger partial charge in [0.15, 0.2) is 0 Å². The molecule has 94 valence electrons. The summed E-state index contributed by atoms with van der Waals surface area (Å²) >= 11 is 5.31. The van der Waals surface area contributed by atoms with Gasteiger partial charge >= 0.3 is 0 Å². The van der Waals surface area contributed by atoms with E-state index < -0.39 is 0 Å². The molecule has 0 saturated carbocycles. The summed E-state index contributed by atoms with van der Waals surface area (Å²) in [4.78, 5) is 8.26. The molecule has 0 unspecified atom stereocenters. The zero-order chi connectivity index (χ0) is 13.1. The standard InChI is InChI=1S/C11H8BrFIN3O/c1-18-10-7(12)5-15-11(17-10)16-9-3-2-6(13)4-8(9)14/h2-5H,1H3,(H,15,16,17). The molecule has 0 aliphatic rings. The lowest BCUT2D eigenvalue weighted by Gasteiger charge is -2.08. The van der Waals surface area contributed by atoms with Crippen LogP contribution in [0.25, 0.3) is 0 Å². The minimum Gasteiger partial charge on any atom is -0.480 e. The number of anilines is 2. The van der Waals surface area contributed by atoms with Crippen LogP contribution in [0.1, 0.15) is 0 Å². The molecule has 0 fully saturated rings. The second-order valence-electron chi connectivity index (χ2n) is 3.30. The molecule has 18 heavy (non-hydrogen) atoms. The summed E-state index contributed by atoms with van der Waals surface area (Å²) in [7, 11) is 1.53. The largest absolute Gasteiger partial charge is 0.480 e. The first kappa shape index (κ1) is 13.5. The van der Waals surface area contributed by atoms with Crippen molar-refractivity contribution in [2.45, 2.75) is 0 Å². The molecule has 2 rings (SSSR count). The Labute approximate surface area is 125 Å². The zero-order valence-electron chi connectivity index (χ0n) is 9.25. The first-order chi connectivity index (χ1) is 8.60. The van der Waals surface area contributed by atoms with Crippen LogP contribution in [-0.4, -0.2) is 17.1 Å². The maximum Gasteiger partial charge on any atom is 0.232 e. The number of hydrogen-bond donors (Lipinski definition) is 1. The van der Waals surface area contributed by atoms with Gasteiger partial charge in [-0.1, -0.05) is 0 Å². The Bertz CT molecular complexity index is 582. The summed E-state index contributed by atoms with van der Waals surface area (Å²) in [6, 6.07) is 4.44. The van der Waals surface area contributed by atoms with Gasteiger partial charge < -0.3 is 10.1 Å². The van der Waals surface area contributed by atoms with Gasteiger partial charge in [0, 0.05) is 3.57 Å². The Balaban J connectivity index is 2.28. The number of hydrogen-bond acceptors (Lipinski definition) is 4. The highest BCUT2D eigenvalue weighted by Crippen LogP contribution is 2.25. The van der Waals surface area contributed by atoms with Crippen molar-refractivity contribution in [2.75, 3.05) is 12.4 Å². The quantitative estimate of drug-likeness (QED) is 0.764. The molecule has 7 heteroatoms. The average molecular weight is 424 g/mol. The molecule has 0 radical (unpaired) electrons. The minimum atomic E-state index is -0.278. The van der Waals surface area contributed by atoms with Crippen molar-refractivity contribution in [3.05, 3.63) is 38.3 Å². The summed E-state index contributed by atoms with van der Waals surface area (Å²) < 4.78 is 19.5. The second-order valence-corrected chi connectivity index (χ2v) is 5.32. The van der Waals surface area contributed by atoms with Crippen molar-refractivity contribution in [1.82, 2.24) is 9.97 Å². The summed E-state index contributed by atoms with van der Waals surface area (Å²) in [6.45, 7) is 0. The number of halogens is 3. The van der Waals surface area contributed by atoms with E-state index in [1.807, 2.05) is 22.6 Å². The third-order valence-corrected chi connectivity index (χ3v) is 3.52. The van der Waals surface area contributed by atoms with Gasteiger partial charge in [0.1, 0.15) is 5.82 Å². The maximum atomic E-state index is 13.0. The van der Waals surface area contributed by atoms with E-state index in [1.165, 1.54) is 19.2 Å². The number of benzene rings is 1. The summed E-state index contributed by atoms with van der Waals surface area (Å²) in [6.07, 6.45) is 1.59. The molecular formula is C11H8BrFIN3O.